The quantitative estimate of drug-likeness (QED) is 0.799. The molecule has 8 heteroatoms. The van der Waals surface area contributed by atoms with E-state index in [0.29, 0.717) is 19.6 Å². The molecule has 0 radical (unpaired) electrons. The number of piperidine rings is 1. The molecular formula is C14H21N3O4S. The zero-order valence-electron chi connectivity index (χ0n) is 12.5. The minimum atomic E-state index is -3.67. The van der Waals surface area contributed by atoms with Gasteiger partial charge in [-0.05, 0) is 43.5 Å². The maximum absolute atomic E-state index is 12.7. The van der Waals surface area contributed by atoms with Crippen LogP contribution in [-0.2, 0) is 10.0 Å². The average molecular weight is 327 g/mol. The van der Waals surface area contributed by atoms with Gasteiger partial charge in [0.1, 0.15) is 5.75 Å². The molecule has 2 rings (SSSR count). The van der Waals surface area contributed by atoms with E-state index in [9.17, 15) is 13.2 Å². The Morgan fingerprint density at radius 1 is 1.45 bits per heavy atom. The van der Waals surface area contributed by atoms with Gasteiger partial charge in [0.15, 0.2) is 0 Å². The van der Waals surface area contributed by atoms with Gasteiger partial charge < -0.3 is 16.2 Å². The number of rotatable bonds is 5. The summed E-state index contributed by atoms with van der Waals surface area (Å²) in [7, 11) is -2.28. The third kappa shape index (κ3) is 3.23. The van der Waals surface area contributed by atoms with Crippen molar-refractivity contribution in [1.29, 1.82) is 0 Å². The lowest BCUT2D eigenvalue weighted by atomic mass is 10.0. The lowest BCUT2D eigenvalue weighted by Gasteiger charge is -2.31. The maximum atomic E-state index is 12.7. The van der Waals surface area contributed by atoms with Crippen molar-refractivity contribution in [2.45, 2.75) is 17.7 Å². The van der Waals surface area contributed by atoms with Gasteiger partial charge in [0.25, 0.3) is 5.91 Å². The van der Waals surface area contributed by atoms with Gasteiger partial charge in [0.2, 0.25) is 10.0 Å². The molecule has 1 saturated heterocycles. The fraction of sp³-hybridized carbons (Fsp3) is 0.500. The Bertz CT molecular complexity index is 660. The van der Waals surface area contributed by atoms with Crippen molar-refractivity contribution >= 4 is 15.9 Å². The van der Waals surface area contributed by atoms with E-state index >= 15 is 0 Å². The summed E-state index contributed by atoms with van der Waals surface area (Å²) in [5.41, 5.74) is 11.0. The number of sulfonamides is 1. The molecule has 0 aliphatic carbocycles. The van der Waals surface area contributed by atoms with Gasteiger partial charge in [-0.15, -0.1) is 0 Å². The van der Waals surface area contributed by atoms with Crippen molar-refractivity contribution in [3.63, 3.8) is 0 Å². The molecule has 122 valence electrons. The zero-order chi connectivity index (χ0) is 16.3. The van der Waals surface area contributed by atoms with E-state index in [1.807, 2.05) is 0 Å². The summed E-state index contributed by atoms with van der Waals surface area (Å²) < 4.78 is 31.9. The number of amides is 1. The van der Waals surface area contributed by atoms with Crippen LogP contribution in [0.25, 0.3) is 0 Å². The highest BCUT2D eigenvalue weighted by Gasteiger charge is 2.30. The van der Waals surface area contributed by atoms with Crippen LogP contribution in [0.4, 0.5) is 0 Å². The number of carbonyl (C=O) groups is 1. The van der Waals surface area contributed by atoms with Gasteiger partial charge in [-0.2, -0.15) is 4.31 Å². The monoisotopic (exact) mass is 327 g/mol. The second-order valence-corrected chi connectivity index (χ2v) is 7.27. The van der Waals surface area contributed by atoms with Crippen LogP contribution in [0, 0.1) is 5.92 Å². The Labute approximate surface area is 130 Å². The molecule has 0 saturated carbocycles. The number of methoxy groups -OCH3 is 1. The molecule has 1 aromatic carbocycles. The Balaban J connectivity index is 2.37. The first-order valence-electron chi connectivity index (χ1n) is 7.08. The SMILES string of the molecule is COc1ccc(S(=O)(=O)N2CCCC(CN)C2)cc1C(N)=O. The lowest BCUT2D eigenvalue weighted by molar-refractivity contribution is 0.0997. The Kier molecular flexibility index (Phi) is 5.05. The fourth-order valence-electron chi connectivity index (χ4n) is 2.63. The summed E-state index contributed by atoms with van der Waals surface area (Å²) >= 11 is 0. The van der Waals surface area contributed by atoms with Gasteiger partial charge in [-0.25, -0.2) is 8.42 Å². The second-order valence-electron chi connectivity index (χ2n) is 5.33. The second kappa shape index (κ2) is 6.64. The van der Waals surface area contributed by atoms with Gasteiger partial charge in [-0.3, -0.25) is 4.79 Å². The molecule has 1 heterocycles. The molecule has 4 N–H and O–H groups in total. The standard InChI is InChI=1S/C14H21N3O4S/c1-21-13-5-4-11(7-12(13)14(16)18)22(19,20)17-6-2-3-10(8-15)9-17/h4-5,7,10H,2-3,6,8-9,15H2,1H3,(H2,16,18). The van der Waals surface area contributed by atoms with Crippen molar-refractivity contribution < 1.29 is 17.9 Å². The van der Waals surface area contributed by atoms with E-state index in [4.69, 9.17) is 16.2 Å². The molecule has 22 heavy (non-hydrogen) atoms. The van der Waals surface area contributed by atoms with Gasteiger partial charge >= 0.3 is 0 Å². The molecule has 1 unspecified atom stereocenters. The predicted molar refractivity (Wildman–Crippen MR) is 82.0 cm³/mol. The molecule has 1 fully saturated rings. The summed E-state index contributed by atoms with van der Waals surface area (Å²) in [6, 6.07) is 4.13. The van der Waals surface area contributed by atoms with Crippen LogP contribution in [0.2, 0.25) is 0 Å². The number of primary amides is 1. The maximum Gasteiger partial charge on any atom is 0.252 e. The lowest BCUT2D eigenvalue weighted by Crippen LogP contribution is -2.42. The van der Waals surface area contributed by atoms with Crippen molar-refractivity contribution in [1.82, 2.24) is 4.31 Å². The molecule has 0 bridgehead atoms. The van der Waals surface area contributed by atoms with Gasteiger partial charge in [-0.1, -0.05) is 0 Å². The number of nitrogens with zero attached hydrogens (tertiary/aromatic N) is 1. The summed E-state index contributed by atoms with van der Waals surface area (Å²) in [6.45, 7) is 1.31. The molecule has 0 aromatic heterocycles. The van der Waals surface area contributed by atoms with Crippen LogP contribution in [0.1, 0.15) is 23.2 Å². The van der Waals surface area contributed by atoms with Gasteiger partial charge in [0.05, 0.1) is 17.6 Å². The molecular weight excluding hydrogens is 306 g/mol. The van der Waals surface area contributed by atoms with Crippen LogP contribution in [0.3, 0.4) is 0 Å². The Hall–Kier alpha value is -1.64. The van der Waals surface area contributed by atoms with Crippen molar-refractivity contribution in [3.05, 3.63) is 23.8 Å². The van der Waals surface area contributed by atoms with E-state index < -0.39 is 15.9 Å². The number of hydrogen-bond acceptors (Lipinski definition) is 5. The summed E-state index contributed by atoms with van der Waals surface area (Å²) in [6.07, 6.45) is 1.71. The van der Waals surface area contributed by atoms with E-state index in [-0.39, 0.29) is 22.1 Å². The fourth-order valence-corrected chi connectivity index (χ4v) is 4.21. The largest absolute Gasteiger partial charge is 0.496 e. The third-order valence-electron chi connectivity index (χ3n) is 3.89. The molecule has 1 amide bonds. The van der Waals surface area contributed by atoms with Crippen molar-refractivity contribution in [2.75, 3.05) is 26.7 Å². The number of hydrogen-bond donors (Lipinski definition) is 2. The number of ether oxygens (including phenoxy) is 1. The minimum Gasteiger partial charge on any atom is -0.496 e. The first-order valence-corrected chi connectivity index (χ1v) is 8.52. The van der Waals surface area contributed by atoms with E-state index in [1.165, 1.54) is 29.6 Å². The number of carbonyl (C=O) groups excluding carboxylic acids is 1. The number of benzene rings is 1. The smallest absolute Gasteiger partial charge is 0.252 e. The predicted octanol–water partition coefficient (Wildman–Crippen LogP) is 0.154. The van der Waals surface area contributed by atoms with E-state index in [1.54, 1.807) is 0 Å². The molecule has 0 spiro atoms. The Morgan fingerprint density at radius 2 is 2.18 bits per heavy atom. The van der Waals surface area contributed by atoms with Crippen molar-refractivity contribution in [3.8, 4) is 5.75 Å². The van der Waals surface area contributed by atoms with Crippen LogP contribution in [0.5, 0.6) is 5.75 Å². The highest BCUT2D eigenvalue weighted by atomic mass is 32.2. The number of nitrogens with two attached hydrogens (primary N) is 2. The summed E-state index contributed by atoms with van der Waals surface area (Å²) in [5, 5.41) is 0. The summed E-state index contributed by atoms with van der Waals surface area (Å²) in [4.78, 5) is 11.5. The van der Waals surface area contributed by atoms with E-state index in [0.717, 1.165) is 12.8 Å². The molecule has 1 atom stereocenters. The topological polar surface area (TPSA) is 116 Å². The zero-order valence-corrected chi connectivity index (χ0v) is 13.3. The summed E-state index contributed by atoms with van der Waals surface area (Å²) in [5.74, 6) is -0.310. The Morgan fingerprint density at radius 3 is 2.77 bits per heavy atom. The first-order chi connectivity index (χ1) is 10.4. The van der Waals surface area contributed by atoms with Crippen LogP contribution in [0.15, 0.2) is 23.1 Å². The molecule has 1 aromatic rings. The van der Waals surface area contributed by atoms with Crippen LogP contribution < -0.4 is 16.2 Å². The van der Waals surface area contributed by atoms with Crippen LogP contribution in [-0.4, -0.2) is 45.4 Å². The van der Waals surface area contributed by atoms with Crippen LogP contribution >= 0.6 is 0 Å². The highest BCUT2D eigenvalue weighted by Crippen LogP contribution is 2.27. The third-order valence-corrected chi connectivity index (χ3v) is 5.75. The average Bonchev–Trinajstić information content (AvgIpc) is 2.54. The molecule has 7 nitrogen and oxygen atoms in total. The normalized spacial score (nSPS) is 19.8. The van der Waals surface area contributed by atoms with Gasteiger partial charge in [0, 0.05) is 13.1 Å². The molecule has 1 aliphatic heterocycles. The minimum absolute atomic E-state index is 0.0415. The molecule has 1 aliphatic rings. The van der Waals surface area contributed by atoms with Crippen molar-refractivity contribution in [2.24, 2.45) is 17.4 Å². The first kappa shape index (κ1) is 16.7. The van der Waals surface area contributed by atoms with E-state index in [2.05, 4.69) is 0 Å². The highest BCUT2D eigenvalue weighted by molar-refractivity contribution is 7.89.